The molecule has 0 atom stereocenters. The zero-order valence-electron chi connectivity index (χ0n) is 7.22. The molecule has 0 aliphatic rings. The highest BCUT2D eigenvalue weighted by Crippen LogP contribution is 2.30. The van der Waals surface area contributed by atoms with Gasteiger partial charge in [-0.3, -0.25) is 0 Å². The van der Waals surface area contributed by atoms with Gasteiger partial charge in [-0.25, -0.2) is 4.98 Å². The first kappa shape index (κ1) is 8.05. The zero-order chi connectivity index (χ0) is 8.48. The fourth-order valence-corrected chi connectivity index (χ4v) is 0.693. The van der Waals surface area contributed by atoms with Gasteiger partial charge in [-0.2, -0.15) is 0 Å². The van der Waals surface area contributed by atoms with E-state index in [-0.39, 0.29) is 5.41 Å². The van der Waals surface area contributed by atoms with Crippen LogP contribution in [0.4, 0.5) is 0 Å². The number of aromatic nitrogens is 1. The Balaban J connectivity index is 2.88. The first-order valence-corrected chi connectivity index (χ1v) is 3.61. The van der Waals surface area contributed by atoms with E-state index in [1.165, 1.54) is 0 Å². The molecule has 0 radical (unpaired) electrons. The highest BCUT2D eigenvalue weighted by molar-refractivity contribution is 5.60. The molecule has 2 nitrogen and oxygen atoms in total. The Hall–Kier alpha value is -1.05. The maximum absolute atomic E-state index is 5.11. The van der Waals surface area contributed by atoms with Gasteiger partial charge in [-0.15, -0.1) is 0 Å². The summed E-state index contributed by atoms with van der Waals surface area (Å²) in [6.07, 6.45) is 3.19. The summed E-state index contributed by atoms with van der Waals surface area (Å²) < 4.78 is 5.11. The third-order valence-corrected chi connectivity index (χ3v) is 1.60. The summed E-state index contributed by atoms with van der Waals surface area (Å²) in [7, 11) is 0. The number of rotatable bonds is 1. The molecule has 0 saturated carbocycles. The van der Waals surface area contributed by atoms with Crippen LogP contribution in [0.1, 0.15) is 26.7 Å². The molecule has 0 N–H and O–H groups in total. The van der Waals surface area contributed by atoms with Crippen molar-refractivity contribution >= 4 is 5.57 Å². The van der Waals surface area contributed by atoms with Gasteiger partial charge in [-0.1, -0.05) is 27.4 Å². The van der Waals surface area contributed by atoms with Gasteiger partial charge in [0.2, 0.25) is 5.89 Å². The topological polar surface area (TPSA) is 26.0 Å². The fourth-order valence-electron chi connectivity index (χ4n) is 0.693. The second-order valence-corrected chi connectivity index (χ2v) is 3.57. The van der Waals surface area contributed by atoms with Gasteiger partial charge in [-0.05, 0) is 5.41 Å². The number of oxazole rings is 1. The Morgan fingerprint density at radius 1 is 1.55 bits per heavy atom. The monoisotopic (exact) mass is 151 g/mol. The molecular formula is C9H13NO. The van der Waals surface area contributed by atoms with E-state index in [4.69, 9.17) is 4.42 Å². The fraction of sp³-hybridized carbons (Fsp3) is 0.444. The van der Waals surface area contributed by atoms with Crippen LogP contribution >= 0.6 is 0 Å². The van der Waals surface area contributed by atoms with E-state index < -0.39 is 0 Å². The van der Waals surface area contributed by atoms with Crippen LogP contribution in [-0.4, -0.2) is 4.98 Å². The van der Waals surface area contributed by atoms with Crippen molar-refractivity contribution in [3.8, 4) is 0 Å². The average molecular weight is 151 g/mol. The highest BCUT2D eigenvalue weighted by atomic mass is 16.3. The average Bonchev–Trinajstić information content (AvgIpc) is 2.34. The predicted octanol–water partition coefficient (Wildman–Crippen LogP) is 2.73. The molecule has 2 heteroatoms. The molecule has 11 heavy (non-hydrogen) atoms. The summed E-state index contributed by atoms with van der Waals surface area (Å²) in [5.74, 6) is 0.637. The molecule has 0 fully saturated rings. The van der Waals surface area contributed by atoms with Crippen molar-refractivity contribution in [2.75, 3.05) is 0 Å². The van der Waals surface area contributed by atoms with Crippen LogP contribution in [0.15, 0.2) is 23.5 Å². The smallest absolute Gasteiger partial charge is 0.221 e. The van der Waals surface area contributed by atoms with E-state index in [0.717, 1.165) is 5.57 Å². The highest BCUT2D eigenvalue weighted by Gasteiger charge is 2.19. The number of nitrogens with zero attached hydrogens (tertiary/aromatic N) is 1. The minimum absolute atomic E-state index is 0.0326. The Bertz CT molecular complexity index is 241. The van der Waals surface area contributed by atoms with Gasteiger partial charge < -0.3 is 4.42 Å². The lowest BCUT2D eigenvalue weighted by Gasteiger charge is -2.18. The van der Waals surface area contributed by atoms with E-state index in [1.807, 2.05) is 0 Å². The SMILES string of the molecule is C=C(c1ncco1)C(C)(C)C. The molecular weight excluding hydrogens is 138 g/mol. The van der Waals surface area contributed by atoms with Gasteiger partial charge in [0.25, 0.3) is 0 Å². The summed E-state index contributed by atoms with van der Waals surface area (Å²) in [6.45, 7) is 10.2. The number of hydrogen-bond acceptors (Lipinski definition) is 2. The molecule has 1 rings (SSSR count). The summed E-state index contributed by atoms with van der Waals surface area (Å²) in [4.78, 5) is 4.02. The molecule has 1 heterocycles. The van der Waals surface area contributed by atoms with E-state index in [1.54, 1.807) is 12.5 Å². The zero-order valence-corrected chi connectivity index (χ0v) is 7.22. The number of allylic oxidation sites excluding steroid dienone is 1. The quantitative estimate of drug-likeness (QED) is 0.616. The second kappa shape index (κ2) is 2.53. The van der Waals surface area contributed by atoms with Gasteiger partial charge in [0.15, 0.2) is 0 Å². The van der Waals surface area contributed by atoms with Gasteiger partial charge in [0, 0.05) is 5.57 Å². The van der Waals surface area contributed by atoms with Crippen LogP contribution in [0.5, 0.6) is 0 Å². The normalized spacial score (nSPS) is 11.5. The minimum Gasteiger partial charge on any atom is -0.445 e. The third kappa shape index (κ3) is 1.70. The molecule has 0 aromatic carbocycles. The van der Waals surface area contributed by atoms with Crippen molar-refractivity contribution in [1.82, 2.24) is 4.98 Å². The summed E-state index contributed by atoms with van der Waals surface area (Å²) in [6, 6.07) is 0. The Labute approximate surface area is 66.9 Å². The first-order valence-electron chi connectivity index (χ1n) is 3.61. The van der Waals surface area contributed by atoms with Crippen molar-refractivity contribution in [3.05, 3.63) is 24.9 Å². The third-order valence-electron chi connectivity index (χ3n) is 1.60. The van der Waals surface area contributed by atoms with E-state index in [9.17, 15) is 0 Å². The maximum atomic E-state index is 5.11. The summed E-state index contributed by atoms with van der Waals surface area (Å²) >= 11 is 0. The second-order valence-electron chi connectivity index (χ2n) is 3.57. The van der Waals surface area contributed by atoms with Crippen LogP contribution in [0.3, 0.4) is 0 Å². The molecule has 0 saturated heterocycles. The van der Waals surface area contributed by atoms with Crippen LogP contribution in [0.25, 0.3) is 5.57 Å². The van der Waals surface area contributed by atoms with Crippen LogP contribution in [0, 0.1) is 5.41 Å². The molecule has 0 bridgehead atoms. The molecule has 0 amide bonds. The van der Waals surface area contributed by atoms with Crippen LogP contribution in [0.2, 0.25) is 0 Å². The molecule has 60 valence electrons. The Morgan fingerprint density at radius 3 is 2.55 bits per heavy atom. The first-order chi connectivity index (χ1) is 5.02. The minimum atomic E-state index is 0.0326. The lowest BCUT2D eigenvalue weighted by Crippen LogP contribution is -2.07. The lowest BCUT2D eigenvalue weighted by atomic mass is 9.88. The van der Waals surface area contributed by atoms with Crippen molar-refractivity contribution in [2.24, 2.45) is 5.41 Å². The lowest BCUT2D eigenvalue weighted by molar-refractivity contribution is 0.496. The van der Waals surface area contributed by atoms with E-state index >= 15 is 0 Å². The van der Waals surface area contributed by atoms with E-state index in [2.05, 4.69) is 32.3 Å². The summed E-state index contributed by atoms with van der Waals surface area (Å²) in [5, 5.41) is 0. The van der Waals surface area contributed by atoms with Crippen LogP contribution < -0.4 is 0 Å². The molecule has 0 unspecified atom stereocenters. The standard InChI is InChI=1S/C9H13NO/c1-7(9(2,3)4)8-10-5-6-11-8/h5-6H,1H2,2-4H3. The van der Waals surface area contributed by atoms with Crippen molar-refractivity contribution in [3.63, 3.8) is 0 Å². The molecule has 0 spiro atoms. The Morgan fingerprint density at radius 2 is 2.18 bits per heavy atom. The van der Waals surface area contributed by atoms with Crippen molar-refractivity contribution in [1.29, 1.82) is 0 Å². The van der Waals surface area contributed by atoms with Gasteiger partial charge in [0.05, 0.1) is 6.20 Å². The molecule has 1 aromatic rings. The van der Waals surface area contributed by atoms with Crippen LogP contribution in [-0.2, 0) is 0 Å². The van der Waals surface area contributed by atoms with Crippen molar-refractivity contribution < 1.29 is 4.42 Å². The summed E-state index contributed by atoms with van der Waals surface area (Å²) in [5.41, 5.74) is 0.965. The molecule has 0 aliphatic carbocycles. The van der Waals surface area contributed by atoms with Crippen molar-refractivity contribution in [2.45, 2.75) is 20.8 Å². The molecule has 1 aromatic heterocycles. The Kier molecular flexibility index (Phi) is 1.85. The predicted molar refractivity (Wildman–Crippen MR) is 45.0 cm³/mol. The van der Waals surface area contributed by atoms with E-state index in [0.29, 0.717) is 5.89 Å². The largest absolute Gasteiger partial charge is 0.445 e. The maximum Gasteiger partial charge on any atom is 0.221 e. The number of hydrogen-bond donors (Lipinski definition) is 0. The molecule has 0 aliphatic heterocycles. The van der Waals surface area contributed by atoms with Gasteiger partial charge >= 0.3 is 0 Å². The van der Waals surface area contributed by atoms with Gasteiger partial charge in [0.1, 0.15) is 6.26 Å².